The second-order valence-electron chi connectivity index (χ2n) is 4.10. The second kappa shape index (κ2) is 5.79. The topological polar surface area (TPSA) is 49.3 Å². The van der Waals surface area contributed by atoms with E-state index in [1.54, 1.807) is 18.2 Å². The van der Waals surface area contributed by atoms with Crippen LogP contribution in [0.4, 0.5) is 11.4 Å². The van der Waals surface area contributed by atoms with Gasteiger partial charge in [-0.05, 0) is 59.8 Å². The van der Waals surface area contributed by atoms with E-state index in [-0.39, 0.29) is 5.56 Å². The van der Waals surface area contributed by atoms with Gasteiger partial charge in [-0.15, -0.1) is 0 Å². The molecule has 0 heterocycles. The van der Waals surface area contributed by atoms with Gasteiger partial charge in [-0.2, -0.15) is 0 Å². The van der Waals surface area contributed by atoms with E-state index in [2.05, 4.69) is 27.9 Å². The number of hydrogen-bond acceptors (Lipinski definition) is 2. The predicted molar refractivity (Wildman–Crippen MR) is 85.6 cm³/mol. The van der Waals surface area contributed by atoms with Crippen molar-refractivity contribution in [2.75, 3.05) is 5.32 Å². The molecule has 0 fully saturated rings. The summed E-state index contributed by atoms with van der Waals surface area (Å²) in [4.78, 5) is 11.2. The SMILES string of the molecule is Cc1ccc(Nc2ccc(Cl)cc2I)c(C(=O)O)c1. The third-order valence-electron chi connectivity index (χ3n) is 2.61. The average Bonchev–Trinajstić information content (AvgIpc) is 2.34. The van der Waals surface area contributed by atoms with Gasteiger partial charge in [0.05, 0.1) is 16.9 Å². The van der Waals surface area contributed by atoms with E-state index in [1.807, 2.05) is 25.1 Å². The number of benzene rings is 2. The Balaban J connectivity index is 2.40. The van der Waals surface area contributed by atoms with E-state index in [9.17, 15) is 9.90 Å². The lowest BCUT2D eigenvalue weighted by molar-refractivity contribution is 0.0698. The van der Waals surface area contributed by atoms with E-state index in [0.29, 0.717) is 10.7 Å². The quantitative estimate of drug-likeness (QED) is 0.751. The summed E-state index contributed by atoms with van der Waals surface area (Å²) in [6, 6.07) is 10.7. The van der Waals surface area contributed by atoms with Crippen molar-refractivity contribution in [2.45, 2.75) is 6.92 Å². The normalized spacial score (nSPS) is 10.3. The summed E-state index contributed by atoms with van der Waals surface area (Å²) in [5, 5.41) is 13.0. The fourth-order valence-corrected chi connectivity index (χ4v) is 2.69. The number of aromatic carboxylic acids is 1. The van der Waals surface area contributed by atoms with E-state index in [1.165, 1.54) is 0 Å². The molecular formula is C14H11ClINO2. The Labute approximate surface area is 129 Å². The molecule has 3 nitrogen and oxygen atoms in total. The van der Waals surface area contributed by atoms with E-state index in [4.69, 9.17) is 11.6 Å². The Morgan fingerprint density at radius 2 is 1.89 bits per heavy atom. The van der Waals surface area contributed by atoms with Gasteiger partial charge in [0, 0.05) is 8.59 Å². The largest absolute Gasteiger partial charge is 0.478 e. The molecule has 2 aromatic rings. The number of rotatable bonds is 3. The molecule has 0 aliphatic rings. The molecule has 2 aromatic carbocycles. The number of anilines is 2. The number of carboxylic acids is 1. The highest BCUT2D eigenvalue weighted by molar-refractivity contribution is 14.1. The maximum atomic E-state index is 11.2. The molecule has 0 atom stereocenters. The molecule has 0 radical (unpaired) electrons. The molecule has 98 valence electrons. The van der Waals surface area contributed by atoms with Crippen LogP contribution in [0.25, 0.3) is 0 Å². The van der Waals surface area contributed by atoms with Gasteiger partial charge in [0.15, 0.2) is 0 Å². The van der Waals surface area contributed by atoms with Crippen LogP contribution in [0.1, 0.15) is 15.9 Å². The number of carbonyl (C=O) groups is 1. The molecule has 0 unspecified atom stereocenters. The Bertz CT molecular complexity index is 643. The van der Waals surface area contributed by atoms with Crippen LogP contribution in [0, 0.1) is 10.5 Å². The predicted octanol–water partition coefficient (Wildman–Crippen LogP) is 4.69. The molecule has 2 N–H and O–H groups in total. The minimum Gasteiger partial charge on any atom is -0.478 e. The number of carboxylic acid groups (broad SMARTS) is 1. The van der Waals surface area contributed by atoms with Crippen LogP contribution in [-0.4, -0.2) is 11.1 Å². The molecular weight excluding hydrogens is 377 g/mol. The molecule has 2 rings (SSSR count). The zero-order valence-electron chi connectivity index (χ0n) is 10.1. The van der Waals surface area contributed by atoms with Crippen molar-refractivity contribution in [3.63, 3.8) is 0 Å². The third kappa shape index (κ3) is 3.39. The highest BCUT2D eigenvalue weighted by Gasteiger charge is 2.11. The standard InChI is InChI=1S/C14H11ClINO2/c1-8-2-4-12(10(6-8)14(18)19)17-13-5-3-9(15)7-11(13)16/h2-7,17H,1H3,(H,18,19). The average molecular weight is 388 g/mol. The van der Waals surface area contributed by atoms with Crippen molar-refractivity contribution in [2.24, 2.45) is 0 Å². The maximum absolute atomic E-state index is 11.2. The van der Waals surface area contributed by atoms with Gasteiger partial charge < -0.3 is 10.4 Å². The van der Waals surface area contributed by atoms with Crippen molar-refractivity contribution in [1.29, 1.82) is 0 Å². The number of hydrogen-bond donors (Lipinski definition) is 2. The molecule has 5 heteroatoms. The lowest BCUT2D eigenvalue weighted by Gasteiger charge is -2.12. The first-order valence-corrected chi connectivity index (χ1v) is 6.99. The molecule has 0 aliphatic carbocycles. The van der Waals surface area contributed by atoms with Crippen LogP contribution in [0.2, 0.25) is 5.02 Å². The van der Waals surface area contributed by atoms with Gasteiger partial charge in [0.25, 0.3) is 0 Å². The summed E-state index contributed by atoms with van der Waals surface area (Å²) in [6.45, 7) is 1.86. The minimum absolute atomic E-state index is 0.255. The van der Waals surface area contributed by atoms with Crippen LogP contribution in [0.15, 0.2) is 36.4 Å². The fraction of sp³-hybridized carbons (Fsp3) is 0.0714. The van der Waals surface area contributed by atoms with Crippen molar-refractivity contribution in [3.05, 3.63) is 56.1 Å². The van der Waals surface area contributed by atoms with Crippen LogP contribution < -0.4 is 5.32 Å². The lowest BCUT2D eigenvalue weighted by atomic mass is 10.1. The minimum atomic E-state index is -0.949. The molecule has 19 heavy (non-hydrogen) atoms. The van der Waals surface area contributed by atoms with Crippen LogP contribution in [-0.2, 0) is 0 Å². The summed E-state index contributed by atoms with van der Waals surface area (Å²) in [7, 11) is 0. The first-order chi connectivity index (χ1) is 8.97. The zero-order valence-corrected chi connectivity index (χ0v) is 13.0. The van der Waals surface area contributed by atoms with Gasteiger partial charge in [-0.25, -0.2) is 4.79 Å². The fourth-order valence-electron chi connectivity index (χ4n) is 1.68. The first-order valence-electron chi connectivity index (χ1n) is 5.53. The molecule has 0 saturated carbocycles. The van der Waals surface area contributed by atoms with Crippen molar-refractivity contribution >= 4 is 51.5 Å². The summed E-state index contributed by atoms with van der Waals surface area (Å²) in [6.07, 6.45) is 0. The second-order valence-corrected chi connectivity index (χ2v) is 5.70. The van der Waals surface area contributed by atoms with Crippen molar-refractivity contribution in [3.8, 4) is 0 Å². The summed E-state index contributed by atoms with van der Waals surface area (Å²) in [5.74, 6) is -0.949. The van der Waals surface area contributed by atoms with E-state index >= 15 is 0 Å². The zero-order chi connectivity index (χ0) is 14.0. The van der Waals surface area contributed by atoms with Gasteiger partial charge in [-0.1, -0.05) is 23.2 Å². The van der Waals surface area contributed by atoms with Crippen LogP contribution in [0.5, 0.6) is 0 Å². The lowest BCUT2D eigenvalue weighted by Crippen LogP contribution is -2.03. The maximum Gasteiger partial charge on any atom is 0.337 e. The van der Waals surface area contributed by atoms with Crippen molar-refractivity contribution in [1.82, 2.24) is 0 Å². The summed E-state index contributed by atoms with van der Waals surface area (Å²) < 4.78 is 0.932. The number of aryl methyl sites for hydroxylation is 1. The Morgan fingerprint density at radius 3 is 2.53 bits per heavy atom. The van der Waals surface area contributed by atoms with Gasteiger partial charge >= 0.3 is 5.97 Å². The van der Waals surface area contributed by atoms with Gasteiger partial charge in [0.1, 0.15) is 0 Å². The summed E-state index contributed by atoms with van der Waals surface area (Å²) >= 11 is 8.05. The van der Waals surface area contributed by atoms with E-state index in [0.717, 1.165) is 14.8 Å². The Hall–Kier alpha value is -1.27. The molecule has 0 saturated heterocycles. The smallest absolute Gasteiger partial charge is 0.337 e. The number of halogens is 2. The number of nitrogens with one attached hydrogen (secondary N) is 1. The highest BCUT2D eigenvalue weighted by atomic mass is 127. The van der Waals surface area contributed by atoms with Crippen LogP contribution >= 0.6 is 34.2 Å². The van der Waals surface area contributed by atoms with Gasteiger partial charge in [0.2, 0.25) is 0 Å². The third-order valence-corrected chi connectivity index (χ3v) is 3.73. The Kier molecular flexibility index (Phi) is 4.31. The van der Waals surface area contributed by atoms with E-state index < -0.39 is 5.97 Å². The van der Waals surface area contributed by atoms with Crippen LogP contribution in [0.3, 0.4) is 0 Å². The molecule has 0 aromatic heterocycles. The van der Waals surface area contributed by atoms with Gasteiger partial charge in [-0.3, -0.25) is 0 Å². The molecule has 0 bridgehead atoms. The molecule has 0 spiro atoms. The summed E-state index contributed by atoms with van der Waals surface area (Å²) in [5.41, 5.74) is 2.56. The Morgan fingerprint density at radius 1 is 1.21 bits per heavy atom. The monoisotopic (exact) mass is 387 g/mol. The molecule has 0 amide bonds. The first kappa shape index (κ1) is 14.1. The van der Waals surface area contributed by atoms with Crippen molar-refractivity contribution < 1.29 is 9.90 Å². The molecule has 0 aliphatic heterocycles. The highest BCUT2D eigenvalue weighted by Crippen LogP contribution is 2.27.